The number of aliphatic carboxylic acids is 1. The van der Waals surface area contributed by atoms with Gasteiger partial charge in [0.2, 0.25) is 5.91 Å². The van der Waals surface area contributed by atoms with Crippen LogP contribution in [0.15, 0.2) is 48.5 Å². The van der Waals surface area contributed by atoms with E-state index >= 15 is 0 Å². The summed E-state index contributed by atoms with van der Waals surface area (Å²) in [6.45, 7) is 3.67. The lowest BCUT2D eigenvalue weighted by molar-refractivity contribution is -0.148. The molecule has 0 radical (unpaired) electrons. The standard InChI is InChI=1S/C27H32N2O5/c1-3-26(2,24(31)32)17-28-23(30)15-27(13-8-14-27)29-25(33)34-16-22-20-11-6-4-9-18(20)19-10-5-7-12-21(19)22/h4-7,9-12,22H,3,8,13-17H2,1-2H3,(H,28,30)(H,29,33)(H,31,32). The van der Waals surface area contributed by atoms with Crippen LogP contribution < -0.4 is 10.6 Å². The average Bonchev–Trinajstić information content (AvgIpc) is 3.13. The Morgan fingerprint density at radius 2 is 1.65 bits per heavy atom. The van der Waals surface area contributed by atoms with E-state index < -0.39 is 23.0 Å². The zero-order valence-corrected chi connectivity index (χ0v) is 19.7. The van der Waals surface area contributed by atoms with Gasteiger partial charge in [0.15, 0.2) is 0 Å². The van der Waals surface area contributed by atoms with E-state index in [0.29, 0.717) is 19.3 Å². The van der Waals surface area contributed by atoms with Crippen molar-refractivity contribution in [2.45, 2.75) is 57.4 Å². The third-order valence-electron chi connectivity index (χ3n) is 7.49. The van der Waals surface area contributed by atoms with Crippen LogP contribution in [0.1, 0.15) is 63.0 Å². The Hall–Kier alpha value is -3.35. The molecule has 0 aromatic heterocycles. The van der Waals surface area contributed by atoms with Crippen molar-refractivity contribution in [3.05, 3.63) is 59.7 Å². The lowest BCUT2D eigenvalue weighted by Crippen LogP contribution is -2.56. The van der Waals surface area contributed by atoms with Crippen molar-refractivity contribution in [3.63, 3.8) is 0 Å². The maximum absolute atomic E-state index is 12.7. The smallest absolute Gasteiger partial charge is 0.407 e. The molecule has 34 heavy (non-hydrogen) atoms. The van der Waals surface area contributed by atoms with E-state index in [0.717, 1.165) is 17.5 Å². The van der Waals surface area contributed by atoms with E-state index in [1.54, 1.807) is 13.8 Å². The fourth-order valence-corrected chi connectivity index (χ4v) is 4.82. The highest BCUT2D eigenvalue weighted by Crippen LogP contribution is 2.44. The second kappa shape index (κ2) is 9.49. The number of rotatable bonds is 9. The van der Waals surface area contributed by atoms with Crippen molar-refractivity contribution in [1.29, 1.82) is 0 Å². The van der Waals surface area contributed by atoms with Crippen molar-refractivity contribution in [1.82, 2.24) is 10.6 Å². The number of ether oxygens (including phenoxy) is 1. The van der Waals surface area contributed by atoms with Gasteiger partial charge < -0.3 is 20.5 Å². The molecule has 2 amide bonds. The lowest BCUT2D eigenvalue weighted by Gasteiger charge is -2.41. The Morgan fingerprint density at radius 3 is 2.15 bits per heavy atom. The highest BCUT2D eigenvalue weighted by Gasteiger charge is 2.42. The summed E-state index contributed by atoms with van der Waals surface area (Å²) in [5.74, 6) is -1.23. The normalized spacial score (nSPS) is 17.5. The Balaban J connectivity index is 1.34. The van der Waals surface area contributed by atoms with Crippen molar-refractivity contribution in [3.8, 4) is 11.1 Å². The minimum absolute atomic E-state index is 0.0264. The number of benzene rings is 2. The second-order valence-corrected chi connectivity index (χ2v) is 9.76. The molecule has 7 heteroatoms. The first-order valence-electron chi connectivity index (χ1n) is 11.9. The van der Waals surface area contributed by atoms with Gasteiger partial charge in [-0.1, -0.05) is 55.5 Å². The lowest BCUT2D eigenvalue weighted by atomic mass is 9.74. The predicted molar refractivity (Wildman–Crippen MR) is 128 cm³/mol. The van der Waals surface area contributed by atoms with Crippen LogP contribution in [-0.2, 0) is 14.3 Å². The first kappa shape index (κ1) is 23.8. The van der Waals surface area contributed by atoms with E-state index in [1.807, 2.05) is 24.3 Å². The number of alkyl carbamates (subject to hydrolysis) is 1. The molecule has 1 saturated carbocycles. The van der Waals surface area contributed by atoms with Gasteiger partial charge in [-0.15, -0.1) is 0 Å². The quantitative estimate of drug-likeness (QED) is 0.508. The second-order valence-electron chi connectivity index (χ2n) is 9.76. The Kier molecular flexibility index (Phi) is 6.64. The third-order valence-corrected chi connectivity index (χ3v) is 7.49. The molecular weight excluding hydrogens is 432 g/mol. The number of carbonyl (C=O) groups is 3. The van der Waals surface area contributed by atoms with Crippen LogP contribution in [-0.4, -0.2) is 41.8 Å². The maximum Gasteiger partial charge on any atom is 0.407 e. The van der Waals surface area contributed by atoms with Gasteiger partial charge in [-0.3, -0.25) is 9.59 Å². The zero-order chi connectivity index (χ0) is 24.3. The van der Waals surface area contributed by atoms with Crippen molar-refractivity contribution in [2.75, 3.05) is 13.2 Å². The van der Waals surface area contributed by atoms with E-state index in [4.69, 9.17) is 4.74 Å². The monoisotopic (exact) mass is 464 g/mol. The number of carbonyl (C=O) groups excluding carboxylic acids is 2. The van der Waals surface area contributed by atoms with Crippen LogP contribution in [0.3, 0.4) is 0 Å². The fraction of sp³-hybridized carbons (Fsp3) is 0.444. The number of carboxylic acids is 1. The molecule has 0 bridgehead atoms. The summed E-state index contributed by atoms with van der Waals surface area (Å²) >= 11 is 0. The first-order valence-corrected chi connectivity index (χ1v) is 11.9. The van der Waals surface area contributed by atoms with Crippen LogP contribution in [0.2, 0.25) is 0 Å². The SMILES string of the molecule is CCC(C)(CNC(=O)CC1(NC(=O)OCC2c3ccccc3-c3ccccc32)CCC1)C(=O)O. The molecule has 7 nitrogen and oxygen atoms in total. The van der Waals surface area contributed by atoms with Gasteiger partial charge in [-0.2, -0.15) is 0 Å². The molecule has 0 spiro atoms. The Labute approximate surface area is 199 Å². The number of nitrogens with one attached hydrogen (secondary N) is 2. The minimum atomic E-state index is -1.01. The van der Waals surface area contributed by atoms with Crippen LogP contribution in [0.4, 0.5) is 4.79 Å². The molecule has 2 aromatic carbocycles. The first-order chi connectivity index (χ1) is 16.3. The van der Waals surface area contributed by atoms with Gasteiger partial charge in [-0.25, -0.2) is 4.79 Å². The van der Waals surface area contributed by atoms with Gasteiger partial charge >= 0.3 is 12.1 Å². The summed E-state index contributed by atoms with van der Waals surface area (Å²) in [6.07, 6.45) is 2.28. The van der Waals surface area contributed by atoms with Gasteiger partial charge in [-0.05, 0) is 54.9 Å². The van der Waals surface area contributed by atoms with E-state index in [2.05, 4.69) is 34.9 Å². The van der Waals surface area contributed by atoms with E-state index in [1.165, 1.54) is 11.1 Å². The summed E-state index contributed by atoms with van der Waals surface area (Å²) < 4.78 is 5.66. The number of fused-ring (bicyclic) bond motifs is 3. The summed E-state index contributed by atoms with van der Waals surface area (Å²) in [4.78, 5) is 36.8. The molecule has 2 aliphatic carbocycles. The number of carboxylic acid groups (broad SMARTS) is 1. The van der Waals surface area contributed by atoms with Crippen molar-refractivity contribution < 1.29 is 24.2 Å². The van der Waals surface area contributed by atoms with Gasteiger partial charge in [0.05, 0.1) is 11.0 Å². The number of hydrogen-bond acceptors (Lipinski definition) is 4. The molecule has 4 rings (SSSR count). The number of amides is 2. The molecule has 1 unspecified atom stereocenters. The van der Waals surface area contributed by atoms with E-state index in [-0.39, 0.29) is 31.4 Å². The van der Waals surface area contributed by atoms with Crippen LogP contribution >= 0.6 is 0 Å². The van der Waals surface area contributed by atoms with Crippen LogP contribution in [0.25, 0.3) is 11.1 Å². The zero-order valence-electron chi connectivity index (χ0n) is 19.7. The Morgan fingerprint density at radius 1 is 1.06 bits per heavy atom. The molecule has 1 fully saturated rings. The number of hydrogen-bond donors (Lipinski definition) is 3. The largest absolute Gasteiger partial charge is 0.481 e. The highest BCUT2D eigenvalue weighted by molar-refractivity contribution is 5.81. The van der Waals surface area contributed by atoms with Crippen molar-refractivity contribution in [2.24, 2.45) is 5.41 Å². The minimum Gasteiger partial charge on any atom is -0.481 e. The maximum atomic E-state index is 12.7. The van der Waals surface area contributed by atoms with Gasteiger partial charge in [0, 0.05) is 18.9 Å². The molecule has 1 atom stereocenters. The average molecular weight is 465 g/mol. The molecule has 2 aliphatic rings. The van der Waals surface area contributed by atoms with Gasteiger partial charge in [0.25, 0.3) is 0 Å². The molecule has 0 heterocycles. The third kappa shape index (κ3) is 4.65. The molecule has 0 aliphatic heterocycles. The fourth-order valence-electron chi connectivity index (χ4n) is 4.82. The van der Waals surface area contributed by atoms with E-state index in [9.17, 15) is 19.5 Å². The molecule has 2 aromatic rings. The summed E-state index contributed by atoms with van der Waals surface area (Å²) in [5, 5.41) is 15.1. The molecule has 0 saturated heterocycles. The highest BCUT2D eigenvalue weighted by atomic mass is 16.5. The summed E-state index contributed by atoms with van der Waals surface area (Å²) in [7, 11) is 0. The molecular formula is C27H32N2O5. The summed E-state index contributed by atoms with van der Waals surface area (Å²) in [6, 6.07) is 16.3. The predicted octanol–water partition coefficient (Wildman–Crippen LogP) is 4.46. The Bertz CT molecular complexity index is 1050. The van der Waals surface area contributed by atoms with Gasteiger partial charge in [0.1, 0.15) is 6.61 Å². The molecule has 3 N–H and O–H groups in total. The topological polar surface area (TPSA) is 105 Å². The van der Waals surface area contributed by atoms with Crippen LogP contribution in [0, 0.1) is 5.41 Å². The molecule has 180 valence electrons. The van der Waals surface area contributed by atoms with Crippen molar-refractivity contribution >= 4 is 18.0 Å². The summed E-state index contributed by atoms with van der Waals surface area (Å²) in [5.41, 5.74) is 2.97. The van der Waals surface area contributed by atoms with Crippen LogP contribution in [0.5, 0.6) is 0 Å².